The first-order chi connectivity index (χ1) is 10.3. The van der Waals surface area contributed by atoms with Gasteiger partial charge in [0.25, 0.3) is 0 Å². The van der Waals surface area contributed by atoms with Gasteiger partial charge in [0.2, 0.25) is 0 Å². The maximum absolute atomic E-state index is 11.7. The van der Waals surface area contributed by atoms with Crippen molar-refractivity contribution in [1.29, 1.82) is 0 Å². The maximum atomic E-state index is 11.7. The van der Waals surface area contributed by atoms with Gasteiger partial charge in [-0.05, 0) is 12.1 Å². The largest absolute Gasteiger partial charge is 0.602 e. The molecule has 3 nitrogen and oxygen atoms in total. The number of rotatable bonds is 2. The SMILES string of the molecule is CC(c1ccccc1)=[N+]1C=C([O-])OC[C@@H]1c1ccccc1. The van der Waals surface area contributed by atoms with Crippen molar-refractivity contribution >= 4 is 5.71 Å². The summed E-state index contributed by atoms with van der Waals surface area (Å²) in [5, 5.41) is 11.7. The molecule has 2 aromatic carbocycles. The van der Waals surface area contributed by atoms with Crippen molar-refractivity contribution in [1.82, 2.24) is 0 Å². The third-order valence-electron chi connectivity index (χ3n) is 3.73. The van der Waals surface area contributed by atoms with Gasteiger partial charge in [-0.2, -0.15) is 4.58 Å². The number of nitrogens with zero attached hydrogens (tertiary/aromatic N) is 1. The first-order valence-electron chi connectivity index (χ1n) is 6.99. The number of hydrogen-bond acceptors (Lipinski definition) is 2. The molecular weight excluding hydrogens is 262 g/mol. The molecule has 106 valence electrons. The van der Waals surface area contributed by atoms with E-state index < -0.39 is 0 Å². The van der Waals surface area contributed by atoms with Crippen molar-refractivity contribution in [3.8, 4) is 0 Å². The second-order valence-corrected chi connectivity index (χ2v) is 5.04. The smallest absolute Gasteiger partial charge is 0.193 e. The molecule has 0 saturated carbocycles. The lowest BCUT2D eigenvalue weighted by molar-refractivity contribution is -0.543. The predicted molar refractivity (Wildman–Crippen MR) is 79.7 cm³/mol. The van der Waals surface area contributed by atoms with E-state index >= 15 is 0 Å². The van der Waals surface area contributed by atoms with Gasteiger partial charge in [-0.25, -0.2) is 0 Å². The van der Waals surface area contributed by atoms with E-state index in [1.165, 1.54) is 0 Å². The van der Waals surface area contributed by atoms with Crippen LogP contribution in [-0.4, -0.2) is 16.9 Å². The Morgan fingerprint density at radius 3 is 2.33 bits per heavy atom. The van der Waals surface area contributed by atoms with Gasteiger partial charge in [0, 0.05) is 18.1 Å². The second-order valence-electron chi connectivity index (χ2n) is 5.04. The van der Waals surface area contributed by atoms with E-state index in [2.05, 4.69) is 12.1 Å². The first-order valence-corrected chi connectivity index (χ1v) is 6.99. The Balaban J connectivity index is 2.09. The number of hydrogen-bond donors (Lipinski definition) is 0. The van der Waals surface area contributed by atoms with Crippen molar-refractivity contribution in [2.75, 3.05) is 6.61 Å². The molecule has 1 aliphatic rings. The molecule has 21 heavy (non-hydrogen) atoms. The Morgan fingerprint density at radius 1 is 1.05 bits per heavy atom. The van der Waals surface area contributed by atoms with Crippen LogP contribution in [0.25, 0.3) is 0 Å². The van der Waals surface area contributed by atoms with E-state index in [9.17, 15) is 5.11 Å². The second kappa shape index (κ2) is 5.83. The van der Waals surface area contributed by atoms with Crippen LogP contribution in [0.4, 0.5) is 0 Å². The van der Waals surface area contributed by atoms with Crippen molar-refractivity contribution in [2.45, 2.75) is 13.0 Å². The van der Waals surface area contributed by atoms with E-state index in [0.29, 0.717) is 6.61 Å². The molecule has 3 rings (SSSR count). The van der Waals surface area contributed by atoms with Crippen LogP contribution in [-0.2, 0) is 4.74 Å². The zero-order valence-corrected chi connectivity index (χ0v) is 11.9. The highest BCUT2D eigenvalue weighted by Crippen LogP contribution is 2.23. The summed E-state index contributed by atoms with van der Waals surface area (Å²) < 4.78 is 7.22. The van der Waals surface area contributed by atoms with E-state index in [-0.39, 0.29) is 12.0 Å². The fourth-order valence-corrected chi connectivity index (χ4v) is 2.57. The predicted octanol–water partition coefficient (Wildman–Crippen LogP) is 2.44. The zero-order chi connectivity index (χ0) is 14.7. The molecule has 2 aromatic rings. The maximum Gasteiger partial charge on any atom is 0.193 e. The van der Waals surface area contributed by atoms with Crippen molar-refractivity contribution in [3.05, 3.63) is 83.9 Å². The van der Waals surface area contributed by atoms with Crippen LogP contribution in [0, 0.1) is 0 Å². The van der Waals surface area contributed by atoms with Gasteiger partial charge >= 0.3 is 0 Å². The molecule has 0 radical (unpaired) electrons. The molecule has 0 aliphatic carbocycles. The minimum Gasteiger partial charge on any atom is -0.602 e. The summed E-state index contributed by atoms with van der Waals surface area (Å²) in [7, 11) is 0. The lowest BCUT2D eigenvalue weighted by atomic mass is 10.0. The summed E-state index contributed by atoms with van der Waals surface area (Å²) in [6.07, 6.45) is 1.55. The Kier molecular flexibility index (Phi) is 3.73. The molecular formula is C18H17NO2. The van der Waals surface area contributed by atoms with Crippen molar-refractivity contribution in [2.24, 2.45) is 0 Å². The Bertz CT molecular complexity index is 675. The summed E-state index contributed by atoms with van der Waals surface area (Å²) >= 11 is 0. The normalized spacial score (nSPS) is 20.4. The molecule has 0 bridgehead atoms. The molecule has 0 saturated heterocycles. The van der Waals surface area contributed by atoms with Crippen molar-refractivity contribution < 1.29 is 14.4 Å². The third-order valence-corrected chi connectivity index (χ3v) is 3.73. The molecule has 0 unspecified atom stereocenters. The summed E-state index contributed by atoms with van der Waals surface area (Å²) in [5.41, 5.74) is 3.28. The highest BCUT2D eigenvalue weighted by atomic mass is 16.6. The zero-order valence-electron chi connectivity index (χ0n) is 11.9. The number of benzene rings is 2. The average molecular weight is 279 g/mol. The van der Waals surface area contributed by atoms with Gasteiger partial charge in [-0.3, -0.25) is 0 Å². The summed E-state index contributed by atoms with van der Waals surface area (Å²) in [6, 6.07) is 20.2. The van der Waals surface area contributed by atoms with E-state index in [1.54, 1.807) is 6.20 Å². The summed E-state index contributed by atoms with van der Waals surface area (Å²) in [5.74, 6) is -0.294. The van der Waals surface area contributed by atoms with Crippen LogP contribution in [0.1, 0.15) is 24.1 Å². The van der Waals surface area contributed by atoms with Gasteiger partial charge in [0.1, 0.15) is 5.95 Å². The average Bonchev–Trinajstić information content (AvgIpc) is 2.56. The monoisotopic (exact) mass is 279 g/mol. The van der Waals surface area contributed by atoms with Crippen LogP contribution in [0.5, 0.6) is 0 Å². The van der Waals surface area contributed by atoms with Crippen LogP contribution in [0.2, 0.25) is 0 Å². The van der Waals surface area contributed by atoms with Gasteiger partial charge in [0.05, 0.1) is 6.61 Å². The molecule has 0 spiro atoms. The highest BCUT2D eigenvalue weighted by molar-refractivity contribution is 5.95. The molecule has 1 atom stereocenters. The van der Waals surface area contributed by atoms with E-state index in [1.807, 2.05) is 60.0 Å². The fourth-order valence-electron chi connectivity index (χ4n) is 2.57. The summed E-state index contributed by atoms with van der Waals surface area (Å²) in [4.78, 5) is 0. The minimum atomic E-state index is -0.294. The lowest BCUT2D eigenvalue weighted by Gasteiger charge is -2.26. The van der Waals surface area contributed by atoms with Gasteiger partial charge in [0.15, 0.2) is 18.0 Å². The van der Waals surface area contributed by atoms with Crippen LogP contribution in [0.3, 0.4) is 0 Å². The Morgan fingerprint density at radius 2 is 1.67 bits per heavy atom. The Hall–Kier alpha value is -2.55. The molecule has 1 aliphatic heterocycles. The fraction of sp³-hybridized carbons (Fsp3) is 0.167. The molecule has 0 aromatic heterocycles. The quantitative estimate of drug-likeness (QED) is 0.791. The Labute approximate surface area is 124 Å². The standard InChI is InChI=1S/C18H17NO2/c1-14(15-8-4-2-5-9-15)19-12-18(20)21-13-17(19)16-10-6-3-7-11-16/h2-12,17H,13H2,1H3/t17-/m1/s1. The van der Waals surface area contributed by atoms with E-state index in [0.717, 1.165) is 16.8 Å². The molecule has 0 fully saturated rings. The van der Waals surface area contributed by atoms with Gasteiger partial charge in [-0.15, -0.1) is 0 Å². The molecule has 0 amide bonds. The summed E-state index contributed by atoms with van der Waals surface area (Å²) in [6.45, 7) is 2.39. The van der Waals surface area contributed by atoms with Gasteiger partial charge < -0.3 is 9.84 Å². The van der Waals surface area contributed by atoms with Crippen LogP contribution >= 0.6 is 0 Å². The highest BCUT2D eigenvalue weighted by Gasteiger charge is 2.26. The first kappa shape index (κ1) is 13.4. The molecule has 3 heteroatoms. The van der Waals surface area contributed by atoms with Crippen LogP contribution < -0.4 is 5.11 Å². The minimum absolute atomic E-state index is 0.0177. The van der Waals surface area contributed by atoms with E-state index in [4.69, 9.17) is 4.74 Å². The number of ether oxygens (including phenoxy) is 1. The van der Waals surface area contributed by atoms with Crippen LogP contribution in [0.15, 0.2) is 72.8 Å². The molecule has 1 heterocycles. The topological polar surface area (TPSA) is 35.3 Å². The molecule has 0 N–H and O–H groups in total. The van der Waals surface area contributed by atoms with Crippen molar-refractivity contribution in [3.63, 3.8) is 0 Å². The lowest BCUT2D eigenvalue weighted by Crippen LogP contribution is -2.31. The third kappa shape index (κ3) is 2.82. The van der Waals surface area contributed by atoms with Gasteiger partial charge in [-0.1, -0.05) is 48.5 Å².